The van der Waals surface area contributed by atoms with E-state index in [-0.39, 0.29) is 0 Å². The molecule has 4 rings (SSSR count). The van der Waals surface area contributed by atoms with Crippen LogP contribution in [0, 0.1) is 6.92 Å². The molecule has 0 atom stereocenters. The molecule has 0 aliphatic heterocycles. The minimum atomic E-state index is 1.11. The van der Waals surface area contributed by atoms with Gasteiger partial charge in [-0.3, -0.25) is 0 Å². The summed E-state index contributed by atoms with van der Waals surface area (Å²) in [4.78, 5) is 0. The van der Waals surface area contributed by atoms with Gasteiger partial charge in [0.05, 0.1) is 11.0 Å². The number of aryl methyl sites for hydroxylation is 1. The third-order valence-electron chi connectivity index (χ3n) is 3.99. The van der Waals surface area contributed by atoms with Crippen molar-refractivity contribution in [3.05, 3.63) is 76.8 Å². The summed E-state index contributed by atoms with van der Waals surface area (Å²) in [5, 5.41) is 2.57. The molecule has 0 unspecified atom stereocenters. The second-order valence-corrected chi connectivity index (χ2v) is 6.22. The average molecular weight is 336 g/mol. The fourth-order valence-electron chi connectivity index (χ4n) is 3.02. The van der Waals surface area contributed by atoms with Crippen LogP contribution in [0.2, 0.25) is 0 Å². The zero-order valence-electron chi connectivity index (χ0n) is 11.7. The second-order valence-electron chi connectivity index (χ2n) is 5.30. The van der Waals surface area contributed by atoms with Crippen molar-refractivity contribution in [1.82, 2.24) is 4.57 Å². The first-order valence-corrected chi connectivity index (χ1v) is 7.80. The normalized spacial score (nSPS) is 11.3. The molecule has 1 aromatic heterocycles. The molecule has 0 spiro atoms. The Hall–Kier alpha value is -2.06. The van der Waals surface area contributed by atoms with E-state index in [1.807, 2.05) is 0 Å². The van der Waals surface area contributed by atoms with Crippen molar-refractivity contribution in [2.45, 2.75) is 6.92 Å². The van der Waals surface area contributed by atoms with Crippen LogP contribution in [0.3, 0.4) is 0 Å². The average Bonchev–Trinajstić information content (AvgIpc) is 2.82. The van der Waals surface area contributed by atoms with E-state index in [1.54, 1.807) is 0 Å². The van der Waals surface area contributed by atoms with E-state index in [4.69, 9.17) is 0 Å². The molecule has 21 heavy (non-hydrogen) atoms. The van der Waals surface area contributed by atoms with Gasteiger partial charge in [-0.05, 0) is 42.8 Å². The predicted molar refractivity (Wildman–Crippen MR) is 93.2 cm³/mol. The molecule has 1 heterocycles. The Morgan fingerprint density at radius 2 is 1.48 bits per heavy atom. The molecular weight excluding hydrogens is 322 g/mol. The molecule has 0 fully saturated rings. The standard InChI is InChI=1S/C19H14BrN/c1-13-6-2-4-8-17(13)21-18-9-5-3-7-15(18)16-12-14(20)10-11-19(16)21/h2-12H,1H3. The van der Waals surface area contributed by atoms with Gasteiger partial charge in [-0.1, -0.05) is 52.3 Å². The van der Waals surface area contributed by atoms with Gasteiger partial charge >= 0.3 is 0 Å². The van der Waals surface area contributed by atoms with Crippen LogP contribution in [0.5, 0.6) is 0 Å². The molecule has 3 aromatic carbocycles. The number of hydrogen-bond donors (Lipinski definition) is 0. The van der Waals surface area contributed by atoms with Gasteiger partial charge in [0.1, 0.15) is 0 Å². The van der Waals surface area contributed by atoms with Crippen molar-refractivity contribution >= 4 is 37.7 Å². The van der Waals surface area contributed by atoms with Crippen LogP contribution < -0.4 is 0 Å². The van der Waals surface area contributed by atoms with Gasteiger partial charge in [-0.25, -0.2) is 0 Å². The topological polar surface area (TPSA) is 4.93 Å². The largest absolute Gasteiger partial charge is 0.309 e. The number of rotatable bonds is 1. The number of halogens is 1. The maximum Gasteiger partial charge on any atom is 0.0541 e. The number of nitrogens with zero attached hydrogens (tertiary/aromatic N) is 1. The Kier molecular flexibility index (Phi) is 2.86. The lowest BCUT2D eigenvalue weighted by atomic mass is 10.2. The molecule has 0 N–H and O–H groups in total. The van der Waals surface area contributed by atoms with Gasteiger partial charge in [0.15, 0.2) is 0 Å². The second kappa shape index (κ2) is 4.74. The van der Waals surface area contributed by atoms with Gasteiger partial charge in [0, 0.05) is 20.9 Å². The highest BCUT2D eigenvalue weighted by Gasteiger charge is 2.12. The van der Waals surface area contributed by atoms with E-state index in [0.29, 0.717) is 0 Å². The predicted octanol–water partition coefficient (Wildman–Crippen LogP) is 5.85. The van der Waals surface area contributed by atoms with Crippen molar-refractivity contribution in [2.24, 2.45) is 0 Å². The molecule has 0 aliphatic carbocycles. The lowest BCUT2D eigenvalue weighted by Crippen LogP contribution is -1.96. The minimum absolute atomic E-state index is 1.11. The SMILES string of the molecule is Cc1ccccc1-n1c2ccccc2c2cc(Br)ccc21. The fraction of sp³-hybridized carbons (Fsp3) is 0.0526. The van der Waals surface area contributed by atoms with Gasteiger partial charge in [0.25, 0.3) is 0 Å². The summed E-state index contributed by atoms with van der Waals surface area (Å²) in [6.07, 6.45) is 0. The Morgan fingerprint density at radius 3 is 2.33 bits per heavy atom. The van der Waals surface area contributed by atoms with Crippen molar-refractivity contribution in [2.75, 3.05) is 0 Å². The van der Waals surface area contributed by atoms with Crippen LogP contribution in [-0.2, 0) is 0 Å². The molecule has 0 saturated heterocycles. The van der Waals surface area contributed by atoms with Gasteiger partial charge < -0.3 is 4.57 Å². The minimum Gasteiger partial charge on any atom is -0.309 e. The zero-order valence-corrected chi connectivity index (χ0v) is 13.3. The van der Waals surface area contributed by atoms with Crippen LogP contribution in [0.25, 0.3) is 27.5 Å². The van der Waals surface area contributed by atoms with Crippen LogP contribution >= 0.6 is 15.9 Å². The summed E-state index contributed by atoms with van der Waals surface area (Å²) >= 11 is 3.59. The molecule has 1 nitrogen and oxygen atoms in total. The van der Waals surface area contributed by atoms with Crippen molar-refractivity contribution in [3.63, 3.8) is 0 Å². The number of aromatic nitrogens is 1. The fourth-order valence-corrected chi connectivity index (χ4v) is 3.38. The third kappa shape index (κ3) is 1.90. The molecular formula is C19H14BrN. The molecule has 0 aliphatic rings. The van der Waals surface area contributed by atoms with Crippen LogP contribution in [0.1, 0.15) is 5.56 Å². The highest BCUT2D eigenvalue weighted by atomic mass is 79.9. The van der Waals surface area contributed by atoms with Crippen LogP contribution in [0.4, 0.5) is 0 Å². The maximum absolute atomic E-state index is 3.59. The molecule has 102 valence electrons. The molecule has 2 heteroatoms. The van der Waals surface area contributed by atoms with E-state index in [9.17, 15) is 0 Å². The van der Waals surface area contributed by atoms with E-state index in [0.717, 1.165) is 4.47 Å². The molecule has 0 saturated carbocycles. The number of hydrogen-bond acceptors (Lipinski definition) is 0. The number of para-hydroxylation sites is 2. The Balaban J connectivity index is 2.23. The quantitative estimate of drug-likeness (QED) is 0.411. The molecule has 0 radical (unpaired) electrons. The van der Waals surface area contributed by atoms with Crippen LogP contribution in [-0.4, -0.2) is 4.57 Å². The van der Waals surface area contributed by atoms with Crippen molar-refractivity contribution in [1.29, 1.82) is 0 Å². The van der Waals surface area contributed by atoms with Crippen LogP contribution in [0.15, 0.2) is 71.2 Å². The van der Waals surface area contributed by atoms with Gasteiger partial charge in [-0.15, -0.1) is 0 Å². The lowest BCUT2D eigenvalue weighted by Gasteiger charge is -2.10. The summed E-state index contributed by atoms with van der Waals surface area (Å²) in [6.45, 7) is 2.16. The monoisotopic (exact) mass is 335 g/mol. The van der Waals surface area contributed by atoms with Crippen molar-refractivity contribution < 1.29 is 0 Å². The van der Waals surface area contributed by atoms with E-state index < -0.39 is 0 Å². The Bertz CT molecular complexity index is 966. The summed E-state index contributed by atoms with van der Waals surface area (Å²) in [6, 6.07) is 23.6. The Labute approximate surface area is 132 Å². The molecule has 4 aromatic rings. The highest BCUT2D eigenvalue weighted by molar-refractivity contribution is 9.10. The van der Waals surface area contributed by atoms with E-state index in [1.165, 1.54) is 33.1 Å². The Morgan fingerprint density at radius 1 is 0.762 bits per heavy atom. The first-order chi connectivity index (χ1) is 10.3. The summed E-state index contributed by atoms with van der Waals surface area (Å²) in [5.74, 6) is 0. The lowest BCUT2D eigenvalue weighted by molar-refractivity contribution is 1.15. The van der Waals surface area contributed by atoms with Crippen molar-refractivity contribution in [3.8, 4) is 5.69 Å². The summed E-state index contributed by atoms with van der Waals surface area (Å²) < 4.78 is 3.47. The smallest absolute Gasteiger partial charge is 0.0541 e. The van der Waals surface area contributed by atoms with Gasteiger partial charge in [0.2, 0.25) is 0 Å². The first kappa shape index (κ1) is 12.7. The highest BCUT2D eigenvalue weighted by Crippen LogP contribution is 2.34. The number of fused-ring (bicyclic) bond motifs is 3. The molecule has 0 amide bonds. The summed E-state index contributed by atoms with van der Waals surface area (Å²) in [7, 11) is 0. The van der Waals surface area contributed by atoms with Gasteiger partial charge in [-0.2, -0.15) is 0 Å². The third-order valence-corrected chi connectivity index (χ3v) is 4.48. The van der Waals surface area contributed by atoms with E-state index >= 15 is 0 Å². The zero-order chi connectivity index (χ0) is 14.4. The first-order valence-electron chi connectivity index (χ1n) is 7.00. The number of benzene rings is 3. The van der Waals surface area contributed by atoms with E-state index in [2.05, 4.69) is 94.2 Å². The maximum atomic E-state index is 3.59. The summed E-state index contributed by atoms with van der Waals surface area (Å²) in [5.41, 5.74) is 5.02. The molecule has 0 bridgehead atoms.